The molecule has 2 rings (SSSR count). The third-order valence-corrected chi connectivity index (χ3v) is 4.46. The van der Waals surface area contributed by atoms with Crippen LogP contribution >= 0.6 is 11.3 Å². The molecule has 18 heavy (non-hydrogen) atoms. The summed E-state index contributed by atoms with van der Waals surface area (Å²) in [4.78, 5) is 0.0901. The Morgan fingerprint density at radius 3 is 2.83 bits per heavy atom. The third-order valence-electron chi connectivity index (χ3n) is 2.38. The summed E-state index contributed by atoms with van der Waals surface area (Å²) in [5, 5.41) is 16.5. The van der Waals surface area contributed by atoms with Gasteiger partial charge in [-0.3, -0.25) is 4.72 Å². The van der Waals surface area contributed by atoms with Gasteiger partial charge in [0.15, 0.2) is 0 Å². The van der Waals surface area contributed by atoms with Gasteiger partial charge in [0.2, 0.25) is 5.13 Å². The molecule has 0 aliphatic carbocycles. The summed E-state index contributed by atoms with van der Waals surface area (Å²) >= 11 is 1.10. The molecule has 0 radical (unpaired) electrons. The molecule has 0 bridgehead atoms. The highest BCUT2D eigenvalue weighted by Gasteiger charge is 2.16. The Kier molecular flexibility index (Phi) is 3.60. The van der Waals surface area contributed by atoms with Crippen molar-refractivity contribution in [2.75, 3.05) is 4.72 Å². The molecule has 1 aromatic carbocycles. The number of rotatable bonds is 4. The Morgan fingerprint density at radius 1 is 1.44 bits per heavy atom. The summed E-state index contributed by atoms with van der Waals surface area (Å²) in [7, 11) is -3.69. The van der Waals surface area contributed by atoms with Crippen molar-refractivity contribution < 1.29 is 13.5 Å². The van der Waals surface area contributed by atoms with Gasteiger partial charge >= 0.3 is 0 Å². The molecule has 0 fully saturated rings. The van der Waals surface area contributed by atoms with Crippen LogP contribution in [0.25, 0.3) is 0 Å². The zero-order chi connectivity index (χ0) is 13.2. The summed E-state index contributed by atoms with van der Waals surface area (Å²) in [6.07, 6.45) is 0. The number of sulfonamides is 1. The standard InChI is InChI=1S/C10H11N3O3S2/c1-7-2-3-9(4-8(7)5-14)18(15,16)13-10-12-11-6-17-10/h2-4,6,14H,5H2,1H3,(H,12,13). The van der Waals surface area contributed by atoms with E-state index in [0.717, 1.165) is 16.9 Å². The van der Waals surface area contributed by atoms with Crippen molar-refractivity contribution in [1.82, 2.24) is 10.2 Å². The summed E-state index contributed by atoms with van der Waals surface area (Å²) < 4.78 is 26.4. The van der Waals surface area contributed by atoms with Gasteiger partial charge in [-0.2, -0.15) is 0 Å². The summed E-state index contributed by atoms with van der Waals surface area (Å²) in [6, 6.07) is 4.58. The Hall–Kier alpha value is -1.51. The lowest BCUT2D eigenvalue weighted by Gasteiger charge is -2.08. The predicted octanol–water partition coefficient (Wildman–Crippen LogP) is 1.14. The van der Waals surface area contributed by atoms with Crippen LogP contribution in [0.1, 0.15) is 11.1 Å². The fourth-order valence-corrected chi connectivity index (χ4v) is 3.12. The first-order valence-electron chi connectivity index (χ1n) is 5.02. The van der Waals surface area contributed by atoms with Crippen LogP contribution in [0.4, 0.5) is 5.13 Å². The lowest BCUT2D eigenvalue weighted by Crippen LogP contribution is -2.13. The zero-order valence-corrected chi connectivity index (χ0v) is 11.1. The quantitative estimate of drug-likeness (QED) is 0.878. The molecule has 0 saturated carbocycles. The highest BCUT2D eigenvalue weighted by Crippen LogP contribution is 2.19. The molecule has 6 nitrogen and oxygen atoms in total. The lowest BCUT2D eigenvalue weighted by molar-refractivity contribution is 0.281. The van der Waals surface area contributed by atoms with Crippen LogP contribution in [-0.4, -0.2) is 23.7 Å². The number of hydrogen-bond acceptors (Lipinski definition) is 6. The molecular formula is C10H11N3O3S2. The van der Waals surface area contributed by atoms with Crippen LogP contribution in [0.5, 0.6) is 0 Å². The minimum absolute atomic E-state index is 0.0901. The topological polar surface area (TPSA) is 92.2 Å². The number of aryl methyl sites for hydroxylation is 1. The first-order chi connectivity index (χ1) is 8.53. The largest absolute Gasteiger partial charge is 0.392 e. The summed E-state index contributed by atoms with van der Waals surface area (Å²) in [5.41, 5.74) is 2.86. The molecule has 0 aliphatic heterocycles. The van der Waals surface area contributed by atoms with E-state index in [1.54, 1.807) is 13.0 Å². The van der Waals surface area contributed by atoms with Crippen LogP contribution in [0.2, 0.25) is 0 Å². The maximum Gasteiger partial charge on any atom is 0.263 e. The van der Waals surface area contributed by atoms with E-state index in [4.69, 9.17) is 5.11 Å². The number of aliphatic hydroxyl groups excluding tert-OH is 1. The predicted molar refractivity (Wildman–Crippen MR) is 67.8 cm³/mol. The van der Waals surface area contributed by atoms with Crippen LogP contribution in [-0.2, 0) is 16.6 Å². The van der Waals surface area contributed by atoms with Gasteiger partial charge in [0, 0.05) is 0 Å². The van der Waals surface area contributed by atoms with Gasteiger partial charge in [0.05, 0.1) is 11.5 Å². The Balaban J connectivity index is 2.35. The van der Waals surface area contributed by atoms with E-state index < -0.39 is 10.0 Å². The fraction of sp³-hybridized carbons (Fsp3) is 0.200. The highest BCUT2D eigenvalue weighted by molar-refractivity contribution is 7.93. The van der Waals surface area contributed by atoms with Crippen molar-refractivity contribution in [3.8, 4) is 0 Å². The first-order valence-corrected chi connectivity index (χ1v) is 7.38. The molecular weight excluding hydrogens is 274 g/mol. The second-order valence-electron chi connectivity index (χ2n) is 3.60. The molecule has 96 valence electrons. The smallest absolute Gasteiger partial charge is 0.263 e. The Morgan fingerprint density at radius 2 is 2.22 bits per heavy atom. The van der Waals surface area contributed by atoms with Gasteiger partial charge in [-0.25, -0.2) is 8.42 Å². The van der Waals surface area contributed by atoms with E-state index in [-0.39, 0.29) is 16.6 Å². The highest BCUT2D eigenvalue weighted by atomic mass is 32.2. The van der Waals surface area contributed by atoms with Crippen molar-refractivity contribution >= 4 is 26.5 Å². The van der Waals surface area contributed by atoms with E-state index in [0.29, 0.717) is 5.56 Å². The fourth-order valence-electron chi connectivity index (χ4n) is 1.38. The van der Waals surface area contributed by atoms with Crippen LogP contribution in [0, 0.1) is 6.92 Å². The van der Waals surface area contributed by atoms with Crippen LogP contribution < -0.4 is 4.72 Å². The number of hydrogen-bond donors (Lipinski definition) is 2. The van der Waals surface area contributed by atoms with E-state index >= 15 is 0 Å². The van der Waals surface area contributed by atoms with Gasteiger partial charge in [-0.15, -0.1) is 10.2 Å². The van der Waals surface area contributed by atoms with Crippen LogP contribution in [0.3, 0.4) is 0 Å². The van der Waals surface area contributed by atoms with E-state index in [1.165, 1.54) is 17.6 Å². The van der Waals surface area contributed by atoms with Gasteiger partial charge in [-0.05, 0) is 30.2 Å². The molecule has 0 atom stereocenters. The normalized spacial score (nSPS) is 11.4. The maximum absolute atomic E-state index is 12.0. The zero-order valence-electron chi connectivity index (χ0n) is 9.49. The molecule has 8 heteroatoms. The number of anilines is 1. The maximum atomic E-state index is 12.0. The second-order valence-corrected chi connectivity index (χ2v) is 6.11. The number of nitrogens with one attached hydrogen (secondary N) is 1. The minimum atomic E-state index is -3.69. The van der Waals surface area contributed by atoms with Crippen molar-refractivity contribution in [1.29, 1.82) is 0 Å². The Labute approximate surface area is 108 Å². The van der Waals surface area contributed by atoms with Gasteiger partial charge < -0.3 is 5.11 Å². The lowest BCUT2D eigenvalue weighted by atomic mass is 10.1. The summed E-state index contributed by atoms with van der Waals surface area (Å²) in [6.45, 7) is 1.61. The Bertz CT molecular complexity index is 638. The average molecular weight is 285 g/mol. The van der Waals surface area contributed by atoms with Gasteiger partial charge in [-0.1, -0.05) is 17.4 Å². The molecule has 2 N–H and O–H groups in total. The number of aliphatic hydroxyl groups is 1. The monoisotopic (exact) mass is 285 g/mol. The molecule has 0 unspecified atom stereocenters. The first kappa shape index (κ1) is 12.9. The van der Waals surface area contributed by atoms with Gasteiger partial charge in [0.25, 0.3) is 10.0 Å². The van der Waals surface area contributed by atoms with Crippen molar-refractivity contribution in [3.63, 3.8) is 0 Å². The molecule has 0 saturated heterocycles. The van der Waals surface area contributed by atoms with Crippen molar-refractivity contribution in [3.05, 3.63) is 34.8 Å². The second kappa shape index (κ2) is 5.01. The summed E-state index contributed by atoms with van der Waals surface area (Å²) in [5.74, 6) is 0. The van der Waals surface area contributed by atoms with Crippen molar-refractivity contribution in [2.45, 2.75) is 18.4 Å². The van der Waals surface area contributed by atoms with E-state index in [9.17, 15) is 8.42 Å². The van der Waals surface area contributed by atoms with Crippen molar-refractivity contribution in [2.24, 2.45) is 0 Å². The number of nitrogens with zero attached hydrogens (tertiary/aromatic N) is 2. The minimum Gasteiger partial charge on any atom is -0.392 e. The SMILES string of the molecule is Cc1ccc(S(=O)(=O)Nc2nncs2)cc1CO. The van der Waals surface area contributed by atoms with Crippen LogP contribution in [0.15, 0.2) is 28.6 Å². The number of aromatic nitrogens is 2. The van der Waals surface area contributed by atoms with E-state index in [1.807, 2.05) is 0 Å². The molecule has 0 aliphatic rings. The third kappa shape index (κ3) is 2.66. The van der Waals surface area contributed by atoms with E-state index in [2.05, 4.69) is 14.9 Å². The number of benzene rings is 1. The van der Waals surface area contributed by atoms with Gasteiger partial charge in [0.1, 0.15) is 5.51 Å². The average Bonchev–Trinajstić information content (AvgIpc) is 2.81. The molecule has 0 amide bonds. The molecule has 0 spiro atoms. The molecule has 2 aromatic rings. The molecule has 1 heterocycles. The molecule has 1 aromatic heterocycles.